The fraction of sp³-hybridized carbons (Fsp3) is 0.714. The Labute approximate surface area is 144 Å². The van der Waals surface area contributed by atoms with Crippen LogP contribution in [0.2, 0.25) is 0 Å². The zero-order valence-electron chi connectivity index (χ0n) is 15.0. The molecule has 0 N–H and O–H groups in total. The van der Waals surface area contributed by atoms with Crippen LogP contribution in [-0.2, 0) is 11.2 Å². The fourth-order valence-electron chi connectivity index (χ4n) is 4.46. The molecule has 0 radical (unpaired) electrons. The fourth-order valence-corrected chi connectivity index (χ4v) is 4.46. The van der Waals surface area contributed by atoms with Crippen LogP contribution < -0.4 is 0 Å². The lowest BCUT2D eigenvalue weighted by Crippen LogP contribution is -2.31. The van der Waals surface area contributed by atoms with Crippen molar-refractivity contribution in [1.29, 1.82) is 0 Å². The number of ether oxygens (including phenoxy) is 1. The quantitative estimate of drug-likeness (QED) is 0.672. The first kappa shape index (κ1) is 17.8. The van der Waals surface area contributed by atoms with E-state index in [0.717, 1.165) is 24.9 Å². The van der Waals surface area contributed by atoms with Crippen LogP contribution in [0.3, 0.4) is 0 Å². The normalized spacial score (nSPS) is 31.2. The highest BCUT2D eigenvalue weighted by molar-refractivity contribution is 5.25. The third-order valence-electron chi connectivity index (χ3n) is 6.27. The lowest BCUT2D eigenvalue weighted by molar-refractivity contribution is -0.0297. The van der Waals surface area contributed by atoms with E-state index in [1.807, 2.05) is 0 Å². The minimum Gasteiger partial charge on any atom is -0.378 e. The Morgan fingerprint density at radius 3 is 2.33 bits per heavy atom. The Morgan fingerprint density at radius 2 is 1.67 bits per heavy atom. The summed E-state index contributed by atoms with van der Waals surface area (Å²) in [5, 5.41) is 0. The van der Waals surface area contributed by atoms with Gasteiger partial charge in [0.2, 0.25) is 0 Å². The predicted molar refractivity (Wildman–Crippen MR) is 93.0 cm³/mol. The molecule has 2 aliphatic rings. The van der Waals surface area contributed by atoms with E-state index in [0.29, 0.717) is 29.6 Å². The van der Waals surface area contributed by atoms with Gasteiger partial charge in [-0.25, -0.2) is 8.78 Å². The Balaban J connectivity index is 1.45. The average molecular weight is 336 g/mol. The van der Waals surface area contributed by atoms with Crippen LogP contribution in [0.15, 0.2) is 12.1 Å². The topological polar surface area (TPSA) is 9.23 Å². The second-order valence-electron chi connectivity index (χ2n) is 7.97. The number of aryl methyl sites for hydroxylation is 2. The smallest absolute Gasteiger partial charge is 0.162 e. The van der Waals surface area contributed by atoms with Crippen molar-refractivity contribution < 1.29 is 13.5 Å². The highest BCUT2D eigenvalue weighted by Crippen LogP contribution is 2.39. The van der Waals surface area contributed by atoms with Gasteiger partial charge >= 0.3 is 0 Å². The molecule has 1 saturated heterocycles. The molecule has 134 valence electrons. The summed E-state index contributed by atoms with van der Waals surface area (Å²) >= 11 is 0. The van der Waals surface area contributed by atoms with Crippen LogP contribution in [0.5, 0.6) is 0 Å². The van der Waals surface area contributed by atoms with Gasteiger partial charge < -0.3 is 4.74 Å². The van der Waals surface area contributed by atoms with Crippen molar-refractivity contribution in [1.82, 2.24) is 0 Å². The van der Waals surface area contributed by atoms with Gasteiger partial charge in [0.15, 0.2) is 11.6 Å². The summed E-state index contributed by atoms with van der Waals surface area (Å²) in [6.45, 7) is 4.71. The van der Waals surface area contributed by atoms with Crippen molar-refractivity contribution in [3.63, 3.8) is 0 Å². The number of hydrogen-bond donors (Lipinski definition) is 0. The van der Waals surface area contributed by atoms with E-state index in [9.17, 15) is 8.78 Å². The third-order valence-corrected chi connectivity index (χ3v) is 6.27. The van der Waals surface area contributed by atoms with Gasteiger partial charge in [-0.15, -0.1) is 0 Å². The molecule has 0 spiro atoms. The van der Waals surface area contributed by atoms with Crippen molar-refractivity contribution in [2.24, 2.45) is 17.8 Å². The molecule has 1 saturated carbocycles. The second-order valence-corrected chi connectivity index (χ2v) is 7.97. The van der Waals surface area contributed by atoms with Crippen molar-refractivity contribution in [2.45, 2.75) is 71.3 Å². The summed E-state index contributed by atoms with van der Waals surface area (Å²) < 4.78 is 33.5. The van der Waals surface area contributed by atoms with Crippen LogP contribution >= 0.6 is 0 Å². The third kappa shape index (κ3) is 4.17. The molecule has 1 aliphatic carbocycles. The summed E-state index contributed by atoms with van der Waals surface area (Å²) in [6, 6.07) is 3.44. The SMILES string of the molecule is Cc1ccc(CCC2CCC(C3CCC(C)OC3)CC2)c(F)c1F. The van der Waals surface area contributed by atoms with Gasteiger partial charge in [0, 0.05) is 0 Å². The molecule has 1 aromatic carbocycles. The molecule has 0 aromatic heterocycles. The van der Waals surface area contributed by atoms with E-state index in [4.69, 9.17) is 4.74 Å². The Bertz CT molecular complexity index is 541. The minimum absolute atomic E-state index is 0.390. The van der Waals surface area contributed by atoms with E-state index >= 15 is 0 Å². The van der Waals surface area contributed by atoms with Crippen LogP contribution in [0.4, 0.5) is 8.78 Å². The summed E-state index contributed by atoms with van der Waals surface area (Å²) in [7, 11) is 0. The maximum atomic E-state index is 14.0. The molecule has 24 heavy (non-hydrogen) atoms. The van der Waals surface area contributed by atoms with Gasteiger partial charge in [0.1, 0.15) is 0 Å². The maximum absolute atomic E-state index is 14.0. The molecular formula is C21H30F2O. The summed E-state index contributed by atoms with van der Waals surface area (Å²) in [4.78, 5) is 0. The first-order valence-electron chi connectivity index (χ1n) is 9.59. The molecule has 3 rings (SSSR count). The summed E-state index contributed by atoms with van der Waals surface area (Å²) in [5.74, 6) is 0.890. The monoisotopic (exact) mass is 336 g/mol. The molecule has 2 unspecified atom stereocenters. The van der Waals surface area contributed by atoms with Gasteiger partial charge in [-0.05, 0) is 81.3 Å². The predicted octanol–water partition coefficient (Wildman–Crippen LogP) is 5.83. The zero-order chi connectivity index (χ0) is 17.1. The van der Waals surface area contributed by atoms with E-state index in [1.54, 1.807) is 19.1 Å². The lowest BCUT2D eigenvalue weighted by atomic mass is 9.73. The molecule has 2 fully saturated rings. The Kier molecular flexibility index (Phi) is 5.91. The number of rotatable bonds is 4. The van der Waals surface area contributed by atoms with Gasteiger partial charge in [-0.1, -0.05) is 25.0 Å². The Hall–Kier alpha value is -0.960. The van der Waals surface area contributed by atoms with Crippen molar-refractivity contribution in [3.8, 4) is 0 Å². The first-order valence-corrected chi connectivity index (χ1v) is 9.59. The molecular weight excluding hydrogens is 306 g/mol. The van der Waals surface area contributed by atoms with Crippen molar-refractivity contribution in [3.05, 3.63) is 34.9 Å². The summed E-state index contributed by atoms with van der Waals surface area (Å²) in [5.41, 5.74) is 0.927. The van der Waals surface area contributed by atoms with Crippen LogP contribution in [0, 0.1) is 36.3 Å². The molecule has 1 heterocycles. The van der Waals surface area contributed by atoms with Crippen LogP contribution in [-0.4, -0.2) is 12.7 Å². The minimum atomic E-state index is -0.678. The van der Waals surface area contributed by atoms with Crippen LogP contribution in [0.1, 0.15) is 63.0 Å². The van der Waals surface area contributed by atoms with Crippen LogP contribution in [0.25, 0.3) is 0 Å². The molecule has 0 amide bonds. The standard InChI is InChI=1S/C21H30F2O/c1-14-3-8-18(21(23)20(14)22)12-7-16-5-10-17(11-6-16)19-9-4-15(2)24-13-19/h3,8,15-17,19H,4-7,9-13H2,1-2H3. The highest BCUT2D eigenvalue weighted by Gasteiger charge is 2.30. The lowest BCUT2D eigenvalue weighted by Gasteiger charge is -2.37. The Morgan fingerprint density at radius 1 is 0.958 bits per heavy atom. The molecule has 1 aliphatic heterocycles. The molecule has 0 bridgehead atoms. The highest BCUT2D eigenvalue weighted by atomic mass is 19.2. The largest absolute Gasteiger partial charge is 0.378 e. The first-order chi connectivity index (χ1) is 11.5. The van der Waals surface area contributed by atoms with E-state index < -0.39 is 11.6 Å². The molecule has 3 heteroatoms. The summed E-state index contributed by atoms with van der Waals surface area (Å²) in [6.07, 6.45) is 9.58. The van der Waals surface area contributed by atoms with E-state index in [-0.39, 0.29) is 0 Å². The molecule has 1 aromatic rings. The number of halogens is 2. The van der Waals surface area contributed by atoms with Crippen molar-refractivity contribution in [2.75, 3.05) is 6.61 Å². The maximum Gasteiger partial charge on any atom is 0.162 e. The van der Waals surface area contributed by atoms with E-state index in [2.05, 4.69) is 6.92 Å². The molecule has 2 atom stereocenters. The van der Waals surface area contributed by atoms with E-state index in [1.165, 1.54) is 38.5 Å². The van der Waals surface area contributed by atoms with Crippen molar-refractivity contribution >= 4 is 0 Å². The molecule has 1 nitrogen and oxygen atoms in total. The number of hydrogen-bond acceptors (Lipinski definition) is 1. The second kappa shape index (κ2) is 7.95. The zero-order valence-corrected chi connectivity index (χ0v) is 15.0. The van der Waals surface area contributed by atoms with Gasteiger partial charge in [-0.3, -0.25) is 0 Å². The average Bonchev–Trinajstić information content (AvgIpc) is 2.60. The number of benzene rings is 1. The van der Waals surface area contributed by atoms with Gasteiger partial charge in [-0.2, -0.15) is 0 Å². The van der Waals surface area contributed by atoms with Gasteiger partial charge in [0.25, 0.3) is 0 Å². The van der Waals surface area contributed by atoms with Gasteiger partial charge in [0.05, 0.1) is 12.7 Å².